The van der Waals surface area contributed by atoms with Crippen LogP contribution in [0.4, 0.5) is 0 Å². The van der Waals surface area contributed by atoms with E-state index in [-0.39, 0.29) is 36.6 Å². The molecule has 8 heteroatoms. The molecule has 0 atom stereocenters. The van der Waals surface area contributed by atoms with Crippen molar-refractivity contribution >= 4 is 36.6 Å². The second kappa shape index (κ2) is 10.5. The van der Waals surface area contributed by atoms with Crippen LogP contribution in [0.5, 0.6) is 0 Å². The predicted octanol–water partition coefficient (Wildman–Crippen LogP) is 1.19. The zero-order valence-electron chi connectivity index (χ0n) is 14.7. The van der Waals surface area contributed by atoms with E-state index in [1.165, 1.54) is 11.1 Å². The van der Waals surface area contributed by atoms with Gasteiger partial charge >= 0.3 is 0 Å². The highest BCUT2D eigenvalue weighted by molar-refractivity contribution is 5.94. The number of hydrogen-bond acceptors (Lipinski definition) is 4. The molecular weight excluding hydrogens is 375 g/mol. The summed E-state index contributed by atoms with van der Waals surface area (Å²) in [4.78, 5) is 28.4. The standard InChI is InChI=1S/C18H24N4O2.2ClH/c1-2-5-20-17(23)13-21-6-8-22(9-7-21)18(24)14-3-4-15-11-19-12-16(15)10-14;;/h2-4,10,19H,1,5-9,11-13H2,(H,20,23);2*1H. The Hall–Kier alpha value is -1.60. The minimum absolute atomic E-state index is 0. The highest BCUT2D eigenvalue weighted by Crippen LogP contribution is 2.18. The molecule has 0 aliphatic carbocycles. The SMILES string of the molecule is C=CCNC(=O)CN1CCN(C(=O)c2ccc3c(c2)CNC3)CC1.Cl.Cl. The lowest BCUT2D eigenvalue weighted by Gasteiger charge is -2.34. The van der Waals surface area contributed by atoms with Crippen LogP contribution in [-0.2, 0) is 17.9 Å². The van der Waals surface area contributed by atoms with Crippen LogP contribution in [0, 0.1) is 0 Å². The van der Waals surface area contributed by atoms with E-state index in [9.17, 15) is 9.59 Å². The third-order valence-electron chi connectivity index (χ3n) is 4.55. The molecule has 1 fully saturated rings. The van der Waals surface area contributed by atoms with Crippen molar-refractivity contribution in [2.45, 2.75) is 13.1 Å². The molecule has 1 aromatic rings. The Balaban J connectivity index is 0.00000169. The van der Waals surface area contributed by atoms with Crippen LogP contribution >= 0.6 is 24.8 Å². The third kappa shape index (κ3) is 5.45. The summed E-state index contributed by atoms with van der Waals surface area (Å²) in [6, 6.07) is 5.97. The van der Waals surface area contributed by atoms with Gasteiger partial charge in [0.05, 0.1) is 6.54 Å². The number of fused-ring (bicyclic) bond motifs is 1. The van der Waals surface area contributed by atoms with Crippen molar-refractivity contribution in [3.05, 3.63) is 47.5 Å². The Bertz CT molecular complexity index is 646. The zero-order chi connectivity index (χ0) is 16.9. The van der Waals surface area contributed by atoms with Crippen molar-refractivity contribution in [3.63, 3.8) is 0 Å². The normalized spacial score (nSPS) is 16.1. The molecule has 0 saturated carbocycles. The molecule has 1 saturated heterocycles. The van der Waals surface area contributed by atoms with Crippen molar-refractivity contribution in [1.29, 1.82) is 0 Å². The van der Waals surface area contributed by atoms with Crippen LogP contribution in [0.15, 0.2) is 30.9 Å². The minimum atomic E-state index is 0. The molecule has 0 aromatic heterocycles. The molecule has 0 radical (unpaired) electrons. The van der Waals surface area contributed by atoms with E-state index in [2.05, 4.69) is 22.1 Å². The number of benzene rings is 1. The Morgan fingerprint density at radius 1 is 1.12 bits per heavy atom. The van der Waals surface area contributed by atoms with Gasteiger partial charge in [0.2, 0.25) is 5.91 Å². The second-order valence-electron chi connectivity index (χ2n) is 6.25. The average Bonchev–Trinajstić information content (AvgIpc) is 3.07. The van der Waals surface area contributed by atoms with E-state index in [0.29, 0.717) is 26.2 Å². The van der Waals surface area contributed by atoms with Crippen molar-refractivity contribution < 1.29 is 9.59 Å². The highest BCUT2D eigenvalue weighted by Gasteiger charge is 2.24. The van der Waals surface area contributed by atoms with Crippen LogP contribution < -0.4 is 10.6 Å². The van der Waals surface area contributed by atoms with Crippen molar-refractivity contribution in [3.8, 4) is 0 Å². The number of nitrogens with zero attached hydrogens (tertiary/aromatic N) is 2. The molecule has 1 aromatic carbocycles. The molecule has 0 unspecified atom stereocenters. The van der Waals surface area contributed by atoms with E-state index in [1.54, 1.807) is 6.08 Å². The average molecular weight is 401 g/mol. The number of hydrogen-bond donors (Lipinski definition) is 2. The molecule has 0 bridgehead atoms. The maximum Gasteiger partial charge on any atom is 0.253 e. The first-order chi connectivity index (χ1) is 11.7. The summed E-state index contributed by atoms with van der Waals surface area (Å²) in [7, 11) is 0. The zero-order valence-corrected chi connectivity index (χ0v) is 16.3. The number of piperazine rings is 1. The molecule has 144 valence electrons. The number of carbonyl (C=O) groups excluding carboxylic acids is 2. The molecule has 2 heterocycles. The van der Waals surface area contributed by atoms with Gasteiger partial charge in [0.15, 0.2) is 0 Å². The third-order valence-corrected chi connectivity index (χ3v) is 4.55. The molecule has 26 heavy (non-hydrogen) atoms. The monoisotopic (exact) mass is 400 g/mol. The fourth-order valence-corrected chi connectivity index (χ4v) is 3.16. The maximum absolute atomic E-state index is 12.7. The maximum atomic E-state index is 12.7. The van der Waals surface area contributed by atoms with Crippen LogP contribution in [0.25, 0.3) is 0 Å². The largest absolute Gasteiger partial charge is 0.352 e. The minimum Gasteiger partial charge on any atom is -0.352 e. The Kier molecular flexibility index (Phi) is 9.08. The number of rotatable bonds is 5. The summed E-state index contributed by atoms with van der Waals surface area (Å²) in [6.07, 6.45) is 1.67. The number of amides is 2. The lowest BCUT2D eigenvalue weighted by Crippen LogP contribution is -2.51. The highest BCUT2D eigenvalue weighted by atomic mass is 35.5. The number of nitrogens with one attached hydrogen (secondary N) is 2. The second-order valence-corrected chi connectivity index (χ2v) is 6.25. The van der Waals surface area contributed by atoms with Gasteiger partial charge in [-0.1, -0.05) is 12.1 Å². The van der Waals surface area contributed by atoms with E-state index in [0.717, 1.165) is 31.7 Å². The van der Waals surface area contributed by atoms with Crippen molar-refractivity contribution in [2.75, 3.05) is 39.3 Å². The Morgan fingerprint density at radius 3 is 2.50 bits per heavy atom. The fourth-order valence-electron chi connectivity index (χ4n) is 3.16. The summed E-state index contributed by atoms with van der Waals surface area (Å²) in [5.41, 5.74) is 3.26. The van der Waals surface area contributed by atoms with Gasteiger partial charge in [0, 0.05) is 51.4 Å². The summed E-state index contributed by atoms with van der Waals surface area (Å²) >= 11 is 0. The van der Waals surface area contributed by atoms with E-state index >= 15 is 0 Å². The summed E-state index contributed by atoms with van der Waals surface area (Å²) < 4.78 is 0. The molecule has 6 nitrogen and oxygen atoms in total. The molecule has 0 spiro atoms. The molecule has 2 aliphatic heterocycles. The Labute approximate surface area is 166 Å². The quantitative estimate of drug-likeness (QED) is 0.728. The van der Waals surface area contributed by atoms with Crippen molar-refractivity contribution in [2.24, 2.45) is 0 Å². The van der Waals surface area contributed by atoms with Crippen molar-refractivity contribution in [1.82, 2.24) is 20.4 Å². The number of carbonyl (C=O) groups is 2. The topological polar surface area (TPSA) is 64.7 Å². The fraction of sp³-hybridized carbons (Fsp3) is 0.444. The van der Waals surface area contributed by atoms with Gasteiger partial charge < -0.3 is 15.5 Å². The van der Waals surface area contributed by atoms with Gasteiger partial charge in [-0.25, -0.2) is 0 Å². The van der Waals surface area contributed by atoms with E-state index < -0.39 is 0 Å². The summed E-state index contributed by atoms with van der Waals surface area (Å²) in [5, 5.41) is 6.07. The van der Waals surface area contributed by atoms with Crippen LogP contribution in [0.3, 0.4) is 0 Å². The molecule has 2 amide bonds. The first-order valence-corrected chi connectivity index (χ1v) is 8.39. The number of halogens is 2. The molecule has 3 rings (SSSR count). The lowest BCUT2D eigenvalue weighted by molar-refractivity contribution is -0.122. The van der Waals surface area contributed by atoms with Gasteiger partial charge in [0.1, 0.15) is 0 Å². The van der Waals surface area contributed by atoms with Gasteiger partial charge in [-0.15, -0.1) is 31.4 Å². The van der Waals surface area contributed by atoms with Gasteiger partial charge in [-0.05, 0) is 23.3 Å². The Morgan fingerprint density at radius 2 is 1.81 bits per heavy atom. The van der Waals surface area contributed by atoms with Gasteiger partial charge in [0.25, 0.3) is 5.91 Å². The van der Waals surface area contributed by atoms with Gasteiger partial charge in [-0.3, -0.25) is 14.5 Å². The summed E-state index contributed by atoms with van der Waals surface area (Å²) in [6.45, 7) is 8.93. The lowest BCUT2D eigenvalue weighted by atomic mass is 10.1. The summed E-state index contributed by atoms with van der Waals surface area (Å²) in [5.74, 6) is 0.0845. The van der Waals surface area contributed by atoms with E-state index in [1.807, 2.05) is 23.1 Å². The molecular formula is C18H26Cl2N4O2. The van der Waals surface area contributed by atoms with Crippen LogP contribution in [0.1, 0.15) is 21.5 Å². The van der Waals surface area contributed by atoms with Crippen LogP contribution in [0.2, 0.25) is 0 Å². The van der Waals surface area contributed by atoms with Crippen LogP contribution in [-0.4, -0.2) is 60.9 Å². The first-order valence-electron chi connectivity index (χ1n) is 8.39. The predicted molar refractivity (Wildman–Crippen MR) is 107 cm³/mol. The molecule has 2 N–H and O–H groups in total. The van der Waals surface area contributed by atoms with E-state index in [4.69, 9.17) is 0 Å². The molecule has 2 aliphatic rings. The van der Waals surface area contributed by atoms with Gasteiger partial charge in [-0.2, -0.15) is 0 Å². The first kappa shape index (κ1) is 22.4. The smallest absolute Gasteiger partial charge is 0.253 e.